The first kappa shape index (κ1) is 49.9. The topological polar surface area (TPSA) is 399 Å². The van der Waals surface area contributed by atoms with Crippen LogP contribution in [0.1, 0.15) is 16.8 Å². The zero-order chi connectivity index (χ0) is 49.1. The number of carbonyl (C=O) groups excluding carboxylic acids is 2. The number of phenols is 2. The largest absolute Gasteiger partial charge is 0.508 e. The van der Waals surface area contributed by atoms with Gasteiger partial charge in [0.25, 0.3) is 0 Å². The maximum absolute atomic E-state index is 13.0. The standard InChI is InChI=1S/C43H46O25/c44-13-25-30(50)33(53)36(56)41(66-25)62-19-7-3-17(4-8-19)40(59)61-15-27-32(52)34(54)37(57)42(67-27)63-20-9-22(46)21-11-24(39(64-23(21)10-20)16-1-5-18(45)6-2-16)65-43-38(58)35(55)31(51)26(68-43)14-60-29(49)12-28(47)48/h1-11,25-27,30-38,41-44,50-58H,12-15H2,(H2-,45,46,47,48)/p+1. The van der Waals surface area contributed by atoms with E-state index >= 15 is 0 Å². The van der Waals surface area contributed by atoms with Gasteiger partial charge in [0.05, 0.1) is 23.8 Å². The summed E-state index contributed by atoms with van der Waals surface area (Å²) < 4.78 is 50.2. The van der Waals surface area contributed by atoms with Crippen LogP contribution in [0.15, 0.2) is 71.1 Å². The number of carboxylic acid groups (broad SMARTS) is 1. The molecule has 4 aromatic rings. The van der Waals surface area contributed by atoms with Gasteiger partial charge in [-0.1, -0.05) is 0 Å². The predicted molar refractivity (Wildman–Crippen MR) is 218 cm³/mol. The van der Waals surface area contributed by atoms with Crippen LogP contribution in [0.2, 0.25) is 0 Å². The Morgan fingerprint density at radius 1 is 0.574 bits per heavy atom. The number of benzene rings is 3. The maximum Gasteiger partial charge on any atom is 0.402 e. The fourth-order valence-corrected chi connectivity index (χ4v) is 7.26. The molecule has 0 saturated carbocycles. The van der Waals surface area contributed by atoms with E-state index < -0.39 is 142 Å². The van der Waals surface area contributed by atoms with Gasteiger partial charge in [-0.3, -0.25) is 9.59 Å². The van der Waals surface area contributed by atoms with Crippen LogP contribution in [0.3, 0.4) is 0 Å². The summed E-state index contributed by atoms with van der Waals surface area (Å²) in [6, 6.07) is 14.0. The van der Waals surface area contributed by atoms with E-state index in [0.717, 1.165) is 6.07 Å². The molecular weight excluding hydrogens is 916 g/mol. The molecule has 3 aliphatic heterocycles. The number of ether oxygens (including phenoxy) is 8. The summed E-state index contributed by atoms with van der Waals surface area (Å²) >= 11 is 0. The smallest absolute Gasteiger partial charge is 0.402 e. The first-order valence-electron chi connectivity index (χ1n) is 20.6. The lowest BCUT2D eigenvalue weighted by Gasteiger charge is -2.39. The van der Waals surface area contributed by atoms with E-state index in [9.17, 15) is 75.7 Å². The molecule has 13 N–H and O–H groups in total. The Labute approximate surface area is 382 Å². The van der Waals surface area contributed by atoms with Crippen molar-refractivity contribution in [3.05, 3.63) is 72.3 Å². The minimum atomic E-state index is -1.94. The average Bonchev–Trinajstić information content (AvgIpc) is 3.31. The maximum atomic E-state index is 13.0. The molecule has 4 heterocycles. The van der Waals surface area contributed by atoms with Gasteiger partial charge in [0.15, 0.2) is 0 Å². The van der Waals surface area contributed by atoms with Crippen LogP contribution in [-0.2, 0) is 33.3 Å². The zero-order valence-electron chi connectivity index (χ0n) is 35.1. The highest BCUT2D eigenvalue weighted by atomic mass is 16.7. The molecule has 15 unspecified atom stereocenters. The van der Waals surface area contributed by atoms with Crippen molar-refractivity contribution in [1.82, 2.24) is 0 Å². The van der Waals surface area contributed by atoms with Crippen LogP contribution in [-0.4, -0.2) is 196 Å². The van der Waals surface area contributed by atoms with Crippen molar-refractivity contribution < 1.29 is 123 Å². The number of carbonyl (C=O) groups is 3. The van der Waals surface area contributed by atoms with Crippen molar-refractivity contribution >= 4 is 28.9 Å². The van der Waals surface area contributed by atoms with E-state index in [1.54, 1.807) is 0 Å². The fourth-order valence-electron chi connectivity index (χ4n) is 7.26. The third-order valence-electron chi connectivity index (χ3n) is 11.0. The summed E-state index contributed by atoms with van der Waals surface area (Å²) in [4.78, 5) is 35.7. The molecule has 0 radical (unpaired) electrons. The lowest BCUT2D eigenvalue weighted by atomic mass is 9.99. The van der Waals surface area contributed by atoms with Crippen LogP contribution >= 0.6 is 0 Å². The molecule has 7 rings (SSSR count). The minimum Gasteiger partial charge on any atom is -0.508 e. The molecule has 25 nitrogen and oxygen atoms in total. The van der Waals surface area contributed by atoms with Gasteiger partial charge in [-0.15, -0.1) is 0 Å². The van der Waals surface area contributed by atoms with Crippen LogP contribution in [0.5, 0.6) is 28.7 Å². The van der Waals surface area contributed by atoms with Gasteiger partial charge in [0.1, 0.15) is 121 Å². The first-order chi connectivity index (χ1) is 32.3. The Balaban J connectivity index is 1.05. The number of aliphatic hydroxyl groups excluding tert-OH is 10. The van der Waals surface area contributed by atoms with Crippen molar-refractivity contribution in [3.63, 3.8) is 0 Å². The van der Waals surface area contributed by atoms with E-state index in [0.29, 0.717) is 0 Å². The van der Waals surface area contributed by atoms with Gasteiger partial charge in [-0.25, -0.2) is 9.21 Å². The van der Waals surface area contributed by atoms with Crippen LogP contribution in [0.4, 0.5) is 0 Å². The quantitative estimate of drug-likeness (QED) is 0.0325. The number of aromatic hydroxyl groups is 2. The second-order valence-electron chi connectivity index (χ2n) is 15.8. The number of hydrogen-bond acceptors (Lipinski definition) is 23. The van der Waals surface area contributed by atoms with Gasteiger partial charge >= 0.3 is 29.3 Å². The number of carboxylic acids is 1. The molecule has 3 fully saturated rings. The Morgan fingerprint density at radius 3 is 1.65 bits per heavy atom. The summed E-state index contributed by atoms with van der Waals surface area (Å²) in [5.41, 5.74) is 0.0642. The number of aliphatic carboxylic acids is 1. The molecule has 3 saturated heterocycles. The Morgan fingerprint density at radius 2 is 1.09 bits per heavy atom. The summed E-state index contributed by atoms with van der Waals surface area (Å²) in [5.74, 6) is -4.87. The molecule has 0 amide bonds. The van der Waals surface area contributed by atoms with Gasteiger partial charge in [0, 0.05) is 12.1 Å². The predicted octanol–water partition coefficient (Wildman–Crippen LogP) is -2.78. The molecule has 0 aliphatic carbocycles. The highest BCUT2D eigenvalue weighted by molar-refractivity contribution is 5.90. The highest BCUT2D eigenvalue weighted by Crippen LogP contribution is 2.42. The molecule has 3 aliphatic rings. The molecule has 368 valence electrons. The van der Waals surface area contributed by atoms with E-state index in [1.165, 1.54) is 60.7 Å². The minimum absolute atomic E-state index is 0.0410. The van der Waals surface area contributed by atoms with Crippen LogP contribution in [0, 0.1) is 0 Å². The molecule has 15 atom stereocenters. The van der Waals surface area contributed by atoms with Gasteiger partial charge in [-0.2, -0.15) is 0 Å². The molecule has 1 aromatic heterocycles. The number of aliphatic hydroxyl groups is 10. The first-order valence-corrected chi connectivity index (χ1v) is 20.6. The third-order valence-corrected chi connectivity index (χ3v) is 11.0. The Hall–Kier alpha value is -6.04. The van der Waals surface area contributed by atoms with Crippen molar-refractivity contribution in [1.29, 1.82) is 0 Å². The summed E-state index contributed by atoms with van der Waals surface area (Å²) in [6.45, 7) is -2.11. The van der Waals surface area contributed by atoms with Gasteiger partial charge in [0.2, 0.25) is 24.6 Å². The van der Waals surface area contributed by atoms with Crippen LogP contribution < -0.4 is 14.2 Å². The Bertz CT molecular complexity index is 2400. The summed E-state index contributed by atoms with van der Waals surface area (Å²) in [6.07, 6.45) is -26.6. The summed E-state index contributed by atoms with van der Waals surface area (Å²) in [5, 5.41) is 134. The fraction of sp³-hybridized carbons (Fsp3) is 0.442. The number of phenolic OH excluding ortho intramolecular Hbond substituents is 2. The number of fused-ring (bicyclic) bond motifs is 1. The van der Waals surface area contributed by atoms with Crippen molar-refractivity contribution in [2.75, 3.05) is 19.8 Å². The average molecular weight is 964 g/mol. The monoisotopic (exact) mass is 963 g/mol. The zero-order valence-corrected chi connectivity index (χ0v) is 35.1. The number of rotatable bonds is 15. The van der Waals surface area contributed by atoms with Crippen LogP contribution in [0.25, 0.3) is 22.3 Å². The lowest BCUT2D eigenvalue weighted by molar-refractivity contribution is -0.278. The Kier molecular flexibility index (Phi) is 15.5. The molecule has 0 bridgehead atoms. The molecule has 25 heteroatoms. The third kappa shape index (κ3) is 11.0. The van der Waals surface area contributed by atoms with Crippen molar-refractivity contribution in [3.8, 4) is 40.1 Å². The lowest BCUT2D eigenvalue weighted by Crippen LogP contribution is -2.60. The highest BCUT2D eigenvalue weighted by Gasteiger charge is 2.48. The normalized spacial score (nSPS) is 31.6. The van der Waals surface area contributed by atoms with E-state index in [-0.39, 0.29) is 50.9 Å². The SMILES string of the molecule is O=C(O)CC(=O)OCC1OC(Oc2cc3c(O)cc(OC4OC(COC(=O)c5ccc(OC6OC(CO)C(O)C(O)C6O)cc5)C(O)C(O)C4O)cc3[o+]c2-c2ccc(O)cc2)C(O)C(O)C1O. The van der Waals surface area contributed by atoms with Crippen molar-refractivity contribution in [2.24, 2.45) is 0 Å². The molecule has 3 aromatic carbocycles. The molecular formula is C43H47O25+. The van der Waals surface area contributed by atoms with Crippen molar-refractivity contribution in [2.45, 2.75) is 98.5 Å². The second-order valence-corrected chi connectivity index (χ2v) is 15.8. The second kappa shape index (κ2) is 21.1. The van der Waals surface area contributed by atoms with Gasteiger partial charge in [-0.05, 0) is 48.5 Å². The number of hydrogen-bond donors (Lipinski definition) is 13. The summed E-state index contributed by atoms with van der Waals surface area (Å²) in [7, 11) is 0. The molecule has 0 spiro atoms. The van der Waals surface area contributed by atoms with E-state index in [4.69, 9.17) is 47.4 Å². The van der Waals surface area contributed by atoms with Gasteiger partial charge < -0.3 is 104 Å². The number of esters is 2. The van der Waals surface area contributed by atoms with E-state index in [2.05, 4.69) is 0 Å². The molecule has 68 heavy (non-hydrogen) atoms. The van der Waals surface area contributed by atoms with E-state index in [1.807, 2.05) is 0 Å².